The van der Waals surface area contributed by atoms with Gasteiger partial charge in [-0.15, -0.1) is 0 Å². The highest BCUT2D eigenvalue weighted by Crippen LogP contribution is 2.27. The zero-order valence-corrected chi connectivity index (χ0v) is 12.0. The fraction of sp³-hybridized carbons (Fsp3) is 0.538. The molecule has 0 bridgehead atoms. The molecule has 102 valence electrons. The van der Waals surface area contributed by atoms with Gasteiger partial charge in [0, 0.05) is 5.69 Å². The minimum absolute atomic E-state index is 0.159. The molecule has 4 nitrogen and oxygen atoms in total. The van der Waals surface area contributed by atoms with Crippen LogP contribution in [0, 0.1) is 6.92 Å². The fourth-order valence-electron chi connectivity index (χ4n) is 2.14. The summed E-state index contributed by atoms with van der Waals surface area (Å²) >= 11 is 0. The third kappa shape index (κ3) is 3.99. The predicted molar refractivity (Wildman–Crippen MR) is 76.1 cm³/mol. The van der Waals surface area contributed by atoms with Gasteiger partial charge in [-0.1, -0.05) is 13.0 Å². The van der Waals surface area contributed by atoms with Gasteiger partial charge < -0.3 is 5.73 Å². The van der Waals surface area contributed by atoms with Crippen LogP contribution >= 0.6 is 0 Å². The van der Waals surface area contributed by atoms with Crippen molar-refractivity contribution in [2.45, 2.75) is 32.6 Å². The Labute approximate surface area is 110 Å². The van der Waals surface area contributed by atoms with Crippen LogP contribution in [-0.2, 0) is 10.0 Å². The molecule has 1 aromatic rings. The summed E-state index contributed by atoms with van der Waals surface area (Å²) in [6.07, 6.45) is 1.55. The molecular formula is C13H22N2O2S. The molecule has 0 saturated carbocycles. The molecule has 18 heavy (non-hydrogen) atoms. The van der Waals surface area contributed by atoms with Crippen molar-refractivity contribution in [2.24, 2.45) is 0 Å². The zero-order chi connectivity index (χ0) is 13.8. The van der Waals surface area contributed by atoms with Crippen molar-refractivity contribution in [3.05, 3.63) is 29.3 Å². The van der Waals surface area contributed by atoms with Crippen molar-refractivity contribution in [3.63, 3.8) is 0 Å². The lowest BCUT2D eigenvalue weighted by Crippen LogP contribution is -2.23. The van der Waals surface area contributed by atoms with E-state index in [1.165, 1.54) is 12.6 Å². The quantitative estimate of drug-likeness (QED) is 0.777. The van der Waals surface area contributed by atoms with E-state index in [4.69, 9.17) is 5.73 Å². The monoisotopic (exact) mass is 270 g/mol. The summed E-state index contributed by atoms with van der Waals surface area (Å²) < 4.78 is 25.3. The molecule has 0 amide bonds. The molecule has 0 heterocycles. The van der Waals surface area contributed by atoms with Crippen LogP contribution in [0.1, 0.15) is 36.8 Å². The molecule has 0 radical (unpaired) electrons. The zero-order valence-electron chi connectivity index (χ0n) is 11.2. The highest BCUT2D eigenvalue weighted by molar-refractivity contribution is 7.89. The van der Waals surface area contributed by atoms with E-state index in [2.05, 4.69) is 11.6 Å². The Hall–Kier alpha value is -1.07. The Morgan fingerprint density at radius 2 is 2.06 bits per heavy atom. The molecule has 1 atom stereocenters. The van der Waals surface area contributed by atoms with Crippen molar-refractivity contribution in [1.82, 2.24) is 4.72 Å². The Morgan fingerprint density at radius 3 is 2.56 bits per heavy atom. The average Bonchev–Trinajstić information content (AvgIpc) is 2.32. The van der Waals surface area contributed by atoms with Crippen molar-refractivity contribution in [2.75, 3.05) is 18.5 Å². The lowest BCUT2D eigenvalue weighted by molar-refractivity contribution is 0.572. The first-order chi connectivity index (χ1) is 8.39. The summed E-state index contributed by atoms with van der Waals surface area (Å²) in [5.41, 5.74) is 8.79. The molecule has 1 aromatic carbocycles. The number of nitrogens with one attached hydrogen (secondary N) is 1. The van der Waals surface area contributed by atoms with E-state index in [9.17, 15) is 8.42 Å². The number of sulfonamides is 1. The van der Waals surface area contributed by atoms with Crippen molar-refractivity contribution in [3.8, 4) is 0 Å². The summed E-state index contributed by atoms with van der Waals surface area (Å²) in [5.74, 6) is 0.417. The Balaban J connectivity index is 2.84. The van der Waals surface area contributed by atoms with Crippen LogP contribution in [0.4, 0.5) is 5.69 Å². The summed E-state index contributed by atoms with van der Waals surface area (Å²) in [4.78, 5) is 0. The van der Waals surface area contributed by atoms with E-state index in [0.29, 0.717) is 6.42 Å². The number of rotatable bonds is 6. The first kappa shape index (κ1) is 15.0. The van der Waals surface area contributed by atoms with Gasteiger partial charge in [-0.05, 0) is 56.0 Å². The van der Waals surface area contributed by atoms with Gasteiger partial charge in [0.1, 0.15) is 0 Å². The predicted octanol–water partition coefficient (Wildman–Crippen LogP) is 2.01. The van der Waals surface area contributed by atoms with Crippen LogP contribution in [0.2, 0.25) is 0 Å². The maximum atomic E-state index is 11.5. The maximum Gasteiger partial charge on any atom is 0.211 e. The summed E-state index contributed by atoms with van der Waals surface area (Å²) in [6, 6.07) is 5.81. The van der Waals surface area contributed by atoms with Crippen LogP contribution in [-0.4, -0.2) is 21.2 Å². The molecule has 0 aromatic heterocycles. The normalized spacial score (nSPS) is 13.5. The summed E-state index contributed by atoms with van der Waals surface area (Å²) in [5, 5.41) is 0. The van der Waals surface area contributed by atoms with Crippen LogP contribution in [0.25, 0.3) is 0 Å². The number of hydrogen-bond acceptors (Lipinski definition) is 3. The molecule has 0 aliphatic heterocycles. The lowest BCUT2D eigenvalue weighted by Gasteiger charge is -2.18. The third-order valence-electron chi connectivity index (χ3n) is 3.27. The first-order valence-corrected chi connectivity index (χ1v) is 7.82. The lowest BCUT2D eigenvalue weighted by atomic mass is 9.90. The molecule has 3 N–H and O–H groups in total. The molecule has 1 rings (SSSR count). The van der Waals surface area contributed by atoms with Gasteiger partial charge in [0.05, 0.1) is 5.75 Å². The number of aryl methyl sites for hydroxylation is 1. The Bertz CT molecular complexity index is 498. The molecule has 0 fully saturated rings. The van der Waals surface area contributed by atoms with Crippen LogP contribution < -0.4 is 10.5 Å². The van der Waals surface area contributed by atoms with Gasteiger partial charge in [0.25, 0.3) is 0 Å². The number of anilines is 1. The van der Waals surface area contributed by atoms with Crippen LogP contribution in [0.15, 0.2) is 18.2 Å². The van der Waals surface area contributed by atoms with Gasteiger partial charge in [-0.2, -0.15) is 0 Å². The second-order valence-corrected chi connectivity index (χ2v) is 6.58. The van der Waals surface area contributed by atoms with Gasteiger partial charge >= 0.3 is 0 Å². The molecular weight excluding hydrogens is 248 g/mol. The van der Waals surface area contributed by atoms with Crippen LogP contribution in [0.5, 0.6) is 0 Å². The van der Waals surface area contributed by atoms with E-state index in [-0.39, 0.29) is 11.7 Å². The number of benzene rings is 1. The summed E-state index contributed by atoms with van der Waals surface area (Å²) in [6.45, 7) is 4.09. The van der Waals surface area contributed by atoms with Gasteiger partial charge in [-0.25, -0.2) is 13.1 Å². The molecule has 5 heteroatoms. The van der Waals surface area contributed by atoms with E-state index in [1.54, 1.807) is 0 Å². The smallest absolute Gasteiger partial charge is 0.211 e. The molecule has 1 unspecified atom stereocenters. The molecule has 0 aliphatic rings. The number of nitrogen functional groups attached to an aromatic ring is 1. The molecule has 0 saturated heterocycles. The highest BCUT2D eigenvalue weighted by Gasteiger charge is 2.16. The topological polar surface area (TPSA) is 72.2 Å². The Morgan fingerprint density at radius 1 is 1.39 bits per heavy atom. The number of hydrogen-bond donors (Lipinski definition) is 2. The second kappa shape index (κ2) is 6.20. The van der Waals surface area contributed by atoms with Crippen molar-refractivity contribution < 1.29 is 8.42 Å². The fourth-order valence-corrected chi connectivity index (χ4v) is 2.93. The molecule has 0 spiro atoms. The minimum Gasteiger partial charge on any atom is -0.399 e. The SMILES string of the molecule is CCC(CCS(=O)(=O)NC)c1ccc(N)cc1C. The van der Waals surface area contributed by atoms with E-state index in [0.717, 1.165) is 17.7 Å². The third-order valence-corrected chi connectivity index (χ3v) is 4.67. The average molecular weight is 270 g/mol. The number of nitrogens with two attached hydrogens (primary N) is 1. The molecule has 0 aliphatic carbocycles. The van der Waals surface area contributed by atoms with Gasteiger partial charge in [0.2, 0.25) is 10.0 Å². The van der Waals surface area contributed by atoms with Crippen LogP contribution in [0.3, 0.4) is 0 Å². The Kier molecular flexibility index (Phi) is 5.16. The van der Waals surface area contributed by atoms with Crippen molar-refractivity contribution in [1.29, 1.82) is 0 Å². The van der Waals surface area contributed by atoms with Crippen molar-refractivity contribution >= 4 is 15.7 Å². The standard InChI is InChI=1S/C13H22N2O2S/c1-4-11(7-8-18(16,17)15-3)13-6-5-12(14)9-10(13)2/h5-6,9,11,15H,4,7-8,14H2,1-3H3. The largest absolute Gasteiger partial charge is 0.399 e. The second-order valence-electron chi connectivity index (χ2n) is 4.53. The highest BCUT2D eigenvalue weighted by atomic mass is 32.2. The van der Waals surface area contributed by atoms with E-state index < -0.39 is 10.0 Å². The van der Waals surface area contributed by atoms with Gasteiger partial charge in [-0.3, -0.25) is 0 Å². The minimum atomic E-state index is -3.13. The maximum absolute atomic E-state index is 11.5. The van der Waals surface area contributed by atoms with E-state index in [1.807, 2.05) is 25.1 Å². The van der Waals surface area contributed by atoms with E-state index >= 15 is 0 Å². The summed E-state index contributed by atoms with van der Waals surface area (Å²) in [7, 11) is -1.68. The van der Waals surface area contributed by atoms with Gasteiger partial charge in [0.15, 0.2) is 0 Å². The first-order valence-electron chi connectivity index (χ1n) is 6.17.